The Morgan fingerprint density at radius 1 is 1.14 bits per heavy atom. The highest BCUT2D eigenvalue weighted by atomic mass is 19.1. The second kappa shape index (κ2) is 10.6. The first kappa shape index (κ1) is 25.6. The van der Waals surface area contributed by atoms with Crippen LogP contribution < -0.4 is 20.1 Å². The predicted octanol–water partition coefficient (Wildman–Crippen LogP) is 5.45. The number of methoxy groups -OCH3 is 1. The molecule has 0 atom stereocenters. The Hall–Kier alpha value is -4.50. The summed E-state index contributed by atoms with van der Waals surface area (Å²) in [5.74, 6) is 0.686. The molecule has 0 aliphatic rings. The van der Waals surface area contributed by atoms with Crippen LogP contribution in [0.2, 0.25) is 0 Å². The van der Waals surface area contributed by atoms with Crippen molar-refractivity contribution in [2.45, 2.75) is 26.1 Å². The molecule has 37 heavy (non-hydrogen) atoms. The summed E-state index contributed by atoms with van der Waals surface area (Å²) in [6.45, 7) is 6.98. The number of rotatable bonds is 9. The average molecular weight is 503 g/mol. The number of carbonyl (C=O) groups excluding carboxylic acids is 1. The highest BCUT2D eigenvalue weighted by Gasteiger charge is 2.22. The summed E-state index contributed by atoms with van der Waals surface area (Å²) in [5, 5.41) is 17.5. The molecule has 0 saturated heterocycles. The van der Waals surface area contributed by atoms with E-state index in [0.717, 1.165) is 6.08 Å². The first-order chi connectivity index (χ1) is 17.7. The van der Waals surface area contributed by atoms with Crippen LogP contribution in [0.3, 0.4) is 0 Å². The largest absolute Gasteiger partial charge is 0.494 e. The van der Waals surface area contributed by atoms with Crippen molar-refractivity contribution in [1.82, 2.24) is 9.97 Å². The number of hydrogen-bond acceptors (Lipinski definition) is 7. The Kier molecular flexibility index (Phi) is 7.35. The maximum Gasteiger partial charge on any atom is 0.247 e. The van der Waals surface area contributed by atoms with Gasteiger partial charge >= 0.3 is 0 Å². The molecule has 3 aromatic carbocycles. The topological polar surface area (TPSA) is 106 Å². The molecule has 0 aliphatic carbocycles. The molecule has 8 nitrogen and oxygen atoms in total. The summed E-state index contributed by atoms with van der Waals surface area (Å²) < 4.78 is 24.7. The van der Waals surface area contributed by atoms with Gasteiger partial charge in [0.25, 0.3) is 0 Å². The molecule has 0 spiro atoms. The standard InChI is InChI=1S/C28H27FN4O4/c1-5-26(34)32-24-13-20-23(14-25(24)36-4)30-16-31-27(20)33-22-10-9-19(12-21(22)28(2,3)35)37-15-17-7-6-8-18(29)11-17/h5-14,16,35H,1,15H2,2-4H3,(H,32,34)(H,30,31,33). The number of nitrogens with one attached hydrogen (secondary N) is 2. The van der Waals surface area contributed by atoms with Crippen LogP contribution in [0.25, 0.3) is 10.9 Å². The molecule has 4 aromatic rings. The van der Waals surface area contributed by atoms with Gasteiger partial charge in [-0.25, -0.2) is 14.4 Å². The normalized spacial score (nSPS) is 11.2. The molecular weight excluding hydrogens is 475 g/mol. The lowest BCUT2D eigenvalue weighted by Gasteiger charge is -2.23. The third-order valence-corrected chi connectivity index (χ3v) is 5.60. The number of aromatic nitrogens is 2. The number of ether oxygens (including phenoxy) is 2. The molecule has 0 radical (unpaired) electrons. The van der Waals surface area contributed by atoms with Gasteiger partial charge in [-0.2, -0.15) is 0 Å². The summed E-state index contributed by atoms with van der Waals surface area (Å²) in [4.78, 5) is 20.6. The third-order valence-electron chi connectivity index (χ3n) is 5.60. The van der Waals surface area contributed by atoms with Crippen LogP contribution in [-0.2, 0) is 17.0 Å². The number of anilines is 3. The van der Waals surface area contributed by atoms with Crippen molar-refractivity contribution in [2.75, 3.05) is 17.7 Å². The van der Waals surface area contributed by atoms with Crippen LogP contribution in [0.1, 0.15) is 25.0 Å². The van der Waals surface area contributed by atoms with Gasteiger partial charge in [0.05, 0.1) is 23.9 Å². The molecule has 4 rings (SSSR count). The Balaban J connectivity index is 1.68. The zero-order valence-corrected chi connectivity index (χ0v) is 20.7. The van der Waals surface area contributed by atoms with Crippen LogP contribution >= 0.6 is 0 Å². The van der Waals surface area contributed by atoms with Crippen molar-refractivity contribution in [3.05, 3.63) is 90.5 Å². The van der Waals surface area contributed by atoms with Gasteiger partial charge in [-0.15, -0.1) is 0 Å². The predicted molar refractivity (Wildman–Crippen MR) is 141 cm³/mol. The number of fused-ring (bicyclic) bond motifs is 1. The smallest absolute Gasteiger partial charge is 0.247 e. The van der Waals surface area contributed by atoms with Gasteiger partial charge in [-0.1, -0.05) is 18.7 Å². The number of hydrogen-bond donors (Lipinski definition) is 3. The molecule has 3 N–H and O–H groups in total. The summed E-state index contributed by atoms with van der Waals surface area (Å²) in [6.07, 6.45) is 2.57. The molecule has 1 amide bonds. The fourth-order valence-electron chi connectivity index (χ4n) is 3.78. The van der Waals surface area contributed by atoms with Crippen molar-refractivity contribution < 1.29 is 23.8 Å². The quantitative estimate of drug-likeness (QED) is 0.261. The Labute approximate surface area is 213 Å². The van der Waals surface area contributed by atoms with Crippen molar-refractivity contribution >= 4 is 34.0 Å². The Morgan fingerprint density at radius 3 is 2.65 bits per heavy atom. The van der Waals surface area contributed by atoms with E-state index >= 15 is 0 Å². The third kappa shape index (κ3) is 6.02. The van der Waals surface area contributed by atoms with Crippen molar-refractivity contribution in [3.8, 4) is 11.5 Å². The minimum Gasteiger partial charge on any atom is -0.494 e. The number of benzene rings is 3. The summed E-state index contributed by atoms with van der Waals surface area (Å²) in [6, 6.07) is 14.8. The first-order valence-electron chi connectivity index (χ1n) is 11.5. The number of aliphatic hydroxyl groups is 1. The zero-order chi connectivity index (χ0) is 26.6. The monoisotopic (exact) mass is 502 g/mol. The van der Waals surface area contributed by atoms with Gasteiger partial charge in [0.2, 0.25) is 5.91 Å². The Bertz CT molecular complexity index is 1470. The SMILES string of the molecule is C=CC(=O)Nc1cc2c(Nc3ccc(OCc4cccc(F)c4)cc3C(C)(C)O)ncnc2cc1OC. The molecule has 190 valence electrons. The zero-order valence-electron chi connectivity index (χ0n) is 20.7. The van der Waals surface area contributed by atoms with Crippen molar-refractivity contribution in [2.24, 2.45) is 0 Å². The van der Waals surface area contributed by atoms with Gasteiger partial charge in [0.1, 0.15) is 36.1 Å². The second-order valence-corrected chi connectivity index (χ2v) is 8.80. The van der Waals surface area contributed by atoms with E-state index in [1.54, 1.807) is 56.3 Å². The molecule has 0 aliphatic heterocycles. The Morgan fingerprint density at radius 2 is 1.95 bits per heavy atom. The van der Waals surface area contributed by atoms with Crippen molar-refractivity contribution in [1.29, 1.82) is 0 Å². The van der Waals surface area contributed by atoms with Crippen LogP contribution in [-0.4, -0.2) is 28.1 Å². The van der Waals surface area contributed by atoms with Crippen LogP contribution in [0, 0.1) is 5.82 Å². The average Bonchev–Trinajstić information content (AvgIpc) is 2.87. The van der Waals surface area contributed by atoms with E-state index < -0.39 is 5.60 Å². The second-order valence-electron chi connectivity index (χ2n) is 8.80. The number of halogens is 1. The first-order valence-corrected chi connectivity index (χ1v) is 11.5. The van der Waals surface area contributed by atoms with Crippen LogP contribution in [0.4, 0.5) is 21.6 Å². The van der Waals surface area contributed by atoms with Gasteiger partial charge in [-0.05, 0) is 61.9 Å². The van der Waals surface area contributed by atoms with E-state index in [2.05, 4.69) is 27.2 Å². The van der Waals surface area contributed by atoms with Gasteiger partial charge in [0, 0.05) is 22.7 Å². The minimum atomic E-state index is -1.23. The van der Waals surface area contributed by atoms with E-state index in [9.17, 15) is 14.3 Å². The molecule has 0 saturated carbocycles. The summed E-state index contributed by atoms with van der Waals surface area (Å²) in [7, 11) is 1.50. The van der Waals surface area contributed by atoms with Crippen molar-refractivity contribution in [3.63, 3.8) is 0 Å². The van der Waals surface area contributed by atoms with E-state index in [0.29, 0.717) is 50.7 Å². The summed E-state index contributed by atoms with van der Waals surface area (Å²) in [5.41, 5.74) is 1.64. The molecular formula is C28H27FN4O4. The lowest BCUT2D eigenvalue weighted by atomic mass is 9.96. The maximum atomic E-state index is 13.5. The fraction of sp³-hybridized carbons (Fsp3) is 0.179. The fourth-order valence-corrected chi connectivity index (χ4v) is 3.78. The number of carbonyl (C=O) groups is 1. The maximum absolute atomic E-state index is 13.5. The van der Waals surface area contributed by atoms with E-state index in [1.165, 1.54) is 25.6 Å². The van der Waals surface area contributed by atoms with Crippen LogP contribution in [0.15, 0.2) is 73.6 Å². The van der Waals surface area contributed by atoms with Gasteiger partial charge < -0.3 is 25.2 Å². The van der Waals surface area contributed by atoms with E-state index in [4.69, 9.17) is 9.47 Å². The van der Waals surface area contributed by atoms with Gasteiger partial charge in [-0.3, -0.25) is 4.79 Å². The molecule has 0 fully saturated rings. The van der Waals surface area contributed by atoms with E-state index in [1.807, 2.05) is 0 Å². The lowest BCUT2D eigenvalue weighted by Crippen LogP contribution is -2.18. The molecule has 0 bridgehead atoms. The van der Waals surface area contributed by atoms with Gasteiger partial charge in [0.15, 0.2) is 0 Å². The molecule has 9 heteroatoms. The number of nitrogens with zero attached hydrogens (tertiary/aromatic N) is 2. The van der Waals surface area contributed by atoms with E-state index in [-0.39, 0.29) is 18.3 Å². The van der Waals surface area contributed by atoms with Crippen LogP contribution in [0.5, 0.6) is 11.5 Å². The lowest BCUT2D eigenvalue weighted by molar-refractivity contribution is -0.111. The molecule has 0 unspecified atom stereocenters. The molecule has 1 heterocycles. The summed E-state index contributed by atoms with van der Waals surface area (Å²) >= 11 is 0. The molecule has 1 aromatic heterocycles. The number of amides is 1. The minimum absolute atomic E-state index is 0.174. The highest BCUT2D eigenvalue weighted by molar-refractivity contribution is 6.03. The highest BCUT2D eigenvalue weighted by Crippen LogP contribution is 2.36.